The van der Waals surface area contributed by atoms with Gasteiger partial charge in [0.25, 0.3) is 5.91 Å². The molecule has 0 aliphatic heterocycles. The largest absolute Gasteiger partial charge is 0.488 e. The molecule has 0 aliphatic carbocycles. The van der Waals surface area contributed by atoms with E-state index in [9.17, 15) is 4.79 Å². The number of aromatic nitrogens is 1. The average molecular weight is 389 g/mol. The van der Waals surface area contributed by atoms with Crippen molar-refractivity contribution >= 4 is 34.1 Å². The molecule has 0 bridgehead atoms. The molecule has 0 fully saturated rings. The maximum absolute atomic E-state index is 12.5. The van der Waals surface area contributed by atoms with Crippen LogP contribution in [0.25, 0.3) is 10.8 Å². The van der Waals surface area contributed by atoms with Gasteiger partial charge in [0.05, 0.1) is 5.02 Å². The smallest absolute Gasteiger partial charge is 0.256 e. The van der Waals surface area contributed by atoms with Crippen LogP contribution in [-0.4, -0.2) is 10.9 Å². The highest BCUT2D eigenvalue weighted by Crippen LogP contribution is 2.26. The van der Waals surface area contributed by atoms with Gasteiger partial charge in [0, 0.05) is 17.1 Å². The van der Waals surface area contributed by atoms with Crippen molar-refractivity contribution in [1.29, 1.82) is 0 Å². The number of ether oxygens (including phenoxy) is 1. The molecule has 28 heavy (non-hydrogen) atoms. The minimum absolute atomic E-state index is 0.234. The molecule has 1 aromatic heterocycles. The zero-order chi connectivity index (χ0) is 19.3. The minimum atomic E-state index is -0.234. The minimum Gasteiger partial charge on any atom is -0.488 e. The van der Waals surface area contributed by atoms with Gasteiger partial charge < -0.3 is 10.1 Å². The highest BCUT2D eigenvalue weighted by molar-refractivity contribution is 6.30. The van der Waals surface area contributed by atoms with E-state index in [2.05, 4.69) is 22.4 Å². The summed E-state index contributed by atoms with van der Waals surface area (Å²) in [4.78, 5) is 16.6. The van der Waals surface area contributed by atoms with Gasteiger partial charge in [-0.3, -0.25) is 4.79 Å². The second kappa shape index (κ2) is 8.11. The van der Waals surface area contributed by atoms with E-state index in [0.29, 0.717) is 23.0 Å². The Balaban J connectivity index is 1.47. The normalized spacial score (nSPS) is 10.6. The van der Waals surface area contributed by atoms with Gasteiger partial charge in [-0.2, -0.15) is 0 Å². The lowest BCUT2D eigenvalue weighted by Crippen LogP contribution is -2.13. The van der Waals surface area contributed by atoms with Crippen molar-refractivity contribution in [2.75, 3.05) is 5.32 Å². The van der Waals surface area contributed by atoms with Crippen molar-refractivity contribution in [3.8, 4) is 5.75 Å². The number of hydrogen-bond donors (Lipinski definition) is 1. The Hall–Kier alpha value is -3.37. The summed E-state index contributed by atoms with van der Waals surface area (Å²) >= 11 is 5.82. The van der Waals surface area contributed by atoms with Crippen LogP contribution in [0.1, 0.15) is 15.9 Å². The molecule has 4 nitrogen and oxygen atoms in total. The van der Waals surface area contributed by atoms with Gasteiger partial charge in [-0.15, -0.1) is 0 Å². The van der Waals surface area contributed by atoms with Crippen LogP contribution in [0.2, 0.25) is 5.02 Å². The van der Waals surface area contributed by atoms with Crippen LogP contribution >= 0.6 is 11.6 Å². The molecule has 0 spiro atoms. The quantitative estimate of drug-likeness (QED) is 0.475. The van der Waals surface area contributed by atoms with Crippen LogP contribution in [0.3, 0.4) is 0 Å². The number of carbonyl (C=O) groups excluding carboxylic acids is 1. The summed E-state index contributed by atoms with van der Waals surface area (Å²) in [5.74, 6) is 1.03. The molecule has 0 radical (unpaired) electrons. The first kappa shape index (κ1) is 18.0. The number of pyridine rings is 1. The fraction of sp³-hybridized carbons (Fsp3) is 0.0435. The lowest BCUT2D eigenvalue weighted by atomic mass is 10.1. The van der Waals surface area contributed by atoms with Crippen molar-refractivity contribution in [2.24, 2.45) is 0 Å². The van der Waals surface area contributed by atoms with Crippen LogP contribution in [0.15, 0.2) is 85.1 Å². The molecule has 0 unspecified atom stereocenters. The Morgan fingerprint density at radius 3 is 2.64 bits per heavy atom. The van der Waals surface area contributed by atoms with E-state index in [4.69, 9.17) is 16.3 Å². The molecule has 0 saturated carbocycles. The first-order valence-corrected chi connectivity index (χ1v) is 9.19. The van der Waals surface area contributed by atoms with Gasteiger partial charge >= 0.3 is 0 Å². The number of hydrogen-bond acceptors (Lipinski definition) is 3. The second-order valence-electron chi connectivity index (χ2n) is 6.28. The Labute approximate surface area is 167 Å². The fourth-order valence-corrected chi connectivity index (χ4v) is 3.04. The fourth-order valence-electron chi connectivity index (χ4n) is 2.92. The van der Waals surface area contributed by atoms with E-state index in [1.807, 2.05) is 48.5 Å². The van der Waals surface area contributed by atoms with Crippen LogP contribution in [0, 0.1) is 0 Å². The Morgan fingerprint density at radius 2 is 1.79 bits per heavy atom. The predicted molar refractivity (Wildman–Crippen MR) is 112 cm³/mol. The van der Waals surface area contributed by atoms with Crippen LogP contribution < -0.4 is 10.1 Å². The zero-order valence-electron chi connectivity index (χ0n) is 14.9. The summed E-state index contributed by atoms with van der Waals surface area (Å²) in [5, 5.41) is 5.47. The molecule has 5 heteroatoms. The number of halogens is 1. The maximum Gasteiger partial charge on any atom is 0.256 e. The number of nitrogens with one attached hydrogen (secondary N) is 1. The topological polar surface area (TPSA) is 51.2 Å². The van der Waals surface area contributed by atoms with Crippen molar-refractivity contribution in [3.05, 3.63) is 101 Å². The molecular formula is C23H17ClN2O2. The zero-order valence-corrected chi connectivity index (χ0v) is 15.7. The summed E-state index contributed by atoms with van der Waals surface area (Å²) in [6, 6.07) is 24.7. The van der Waals surface area contributed by atoms with Gasteiger partial charge in [-0.1, -0.05) is 60.1 Å². The van der Waals surface area contributed by atoms with Crippen LogP contribution in [0.5, 0.6) is 5.75 Å². The van der Waals surface area contributed by atoms with E-state index in [-0.39, 0.29) is 5.91 Å². The molecule has 0 saturated heterocycles. The van der Waals surface area contributed by atoms with Gasteiger partial charge in [0.15, 0.2) is 0 Å². The second-order valence-corrected chi connectivity index (χ2v) is 6.72. The van der Waals surface area contributed by atoms with Crippen molar-refractivity contribution in [1.82, 2.24) is 4.98 Å². The molecule has 4 aromatic rings. The number of rotatable bonds is 5. The Bertz CT molecular complexity index is 1120. The molecule has 3 aromatic carbocycles. The molecule has 138 valence electrons. The van der Waals surface area contributed by atoms with E-state index < -0.39 is 0 Å². The number of nitrogens with zero attached hydrogens (tertiary/aromatic N) is 1. The predicted octanol–water partition coefficient (Wildman–Crippen LogP) is 5.72. The van der Waals surface area contributed by atoms with Crippen molar-refractivity contribution in [2.45, 2.75) is 6.61 Å². The van der Waals surface area contributed by atoms with Crippen LogP contribution in [0.4, 0.5) is 5.82 Å². The molecule has 1 N–H and O–H groups in total. The third kappa shape index (κ3) is 4.13. The Morgan fingerprint density at radius 1 is 0.964 bits per heavy atom. The van der Waals surface area contributed by atoms with E-state index in [1.165, 1.54) is 6.20 Å². The number of anilines is 1. The van der Waals surface area contributed by atoms with E-state index in [0.717, 1.165) is 22.1 Å². The lowest BCUT2D eigenvalue weighted by Gasteiger charge is -2.10. The standard InChI is InChI=1S/C23H17ClN2O2/c24-19-11-12-22(25-14-19)26-23(27)18-8-3-5-16(13-18)15-28-21-10-4-7-17-6-1-2-9-20(17)21/h1-14H,15H2,(H,25,26,27). The SMILES string of the molecule is O=C(Nc1ccc(Cl)cn1)c1cccc(COc2cccc3ccccc23)c1. The third-order valence-electron chi connectivity index (χ3n) is 4.30. The van der Waals surface area contributed by atoms with Crippen molar-refractivity contribution in [3.63, 3.8) is 0 Å². The summed E-state index contributed by atoms with van der Waals surface area (Å²) in [6.07, 6.45) is 1.49. The molecule has 0 atom stereocenters. The summed E-state index contributed by atoms with van der Waals surface area (Å²) in [7, 11) is 0. The Kier molecular flexibility index (Phi) is 5.22. The third-order valence-corrected chi connectivity index (χ3v) is 4.53. The van der Waals surface area contributed by atoms with Gasteiger partial charge in [-0.05, 0) is 41.3 Å². The highest BCUT2D eigenvalue weighted by atomic mass is 35.5. The lowest BCUT2D eigenvalue weighted by molar-refractivity contribution is 0.102. The molecule has 1 heterocycles. The maximum atomic E-state index is 12.5. The average Bonchev–Trinajstić information content (AvgIpc) is 2.74. The van der Waals surface area contributed by atoms with Gasteiger partial charge in [0.1, 0.15) is 18.2 Å². The number of fused-ring (bicyclic) bond motifs is 1. The number of amides is 1. The van der Waals surface area contributed by atoms with Crippen LogP contribution in [-0.2, 0) is 6.61 Å². The molecule has 0 aliphatic rings. The summed E-state index contributed by atoms with van der Waals surface area (Å²) in [5.41, 5.74) is 1.44. The summed E-state index contributed by atoms with van der Waals surface area (Å²) < 4.78 is 6.01. The van der Waals surface area contributed by atoms with E-state index >= 15 is 0 Å². The molecular weight excluding hydrogens is 372 g/mol. The molecule has 4 rings (SSSR count). The summed E-state index contributed by atoms with van der Waals surface area (Å²) in [6.45, 7) is 0.369. The van der Waals surface area contributed by atoms with Crippen molar-refractivity contribution < 1.29 is 9.53 Å². The molecule has 1 amide bonds. The number of carbonyl (C=O) groups is 1. The first-order chi connectivity index (χ1) is 13.7. The first-order valence-electron chi connectivity index (χ1n) is 8.81. The monoisotopic (exact) mass is 388 g/mol. The van der Waals surface area contributed by atoms with Gasteiger partial charge in [0.2, 0.25) is 0 Å². The van der Waals surface area contributed by atoms with E-state index in [1.54, 1.807) is 18.2 Å². The highest BCUT2D eigenvalue weighted by Gasteiger charge is 2.08. The van der Waals surface area contributed by atoms with Gasteiger partial charge in [-0.25, -0.2) is 4.98 Å². The number of benzene rings is 3.